The maximum Gasteiger partial charge on any atom is 0.249 e. The predicted octanol–water partition coefficient (Wildman–Crippen LogP) is 0.0981. The number of hydrogen-bond acceptors (Lipinski definition) is 3. The number of rotatable bonds is 4. The molecule has 0 aliphatic heterocycles. The van der Waals surface area contributed by atoms with Gasteiger partial charge in [0.2, 0.25) is 11.9 Å². The number of halogens is 3. The highest BCUT2D eigenvalue weighted by Crippen LogP contribution is 2.34. The predicted molar refractivity (Wildman–Crippen MR) is 59.3 cm³/mol. The van der Waals surface area contributed by atoms with E-state index in [1.165, 1.54) is 7.05 Å². The third-order valence-corrected chi connectivity index (χ3v) is 2.63. The normalized spacial score (nSPS) is 25.7. The van der Waals surface area contributed by atoms with Crippen molar-refractivity contribution in [1.82, 2.24) is 16.1 Å². The monoisotopic (exact) mass is 253 g/mol. The van der Waals surface area contributed by atoms with Crippen LogP contribution < -0.4 is 21.9 Å². The second-order valence-corrected chi connectivity index (χ2v) is 4.03. The summed E-state index contributed by atoms with van der Waals surface area (Å²) in [6.07, 6.45) is -1.62. The number of nitrogens with one attached hydrogen (secondary N) is 3. The first-order valence-electron chi connectivity index (χ1n) is 5.42. The Bertz CT molecular complexity index is 271. The van der Waals surface area contributed by atoms with Crippen molar-refractivity contribution in [2.45, 2.75) is 37.5 Å². The van der Waals surface area contributed by atoms with Crippen LogP contribution in [0.5, 0.6) is 0 Å². The van der Waals surface area contributed by atoms with Gasteiger partial charge in [0.15, 0.2) is 6.30 Å². The second-order valence-electron chi connectivity index (χ2n) is 4.03. The van der Waals surface area contributed by atoms with Gasteiger partial charge in [-0.2, -0.15) is 0 Å². The van der Waals surface area contributed by atoms with Gasteiger partial charge < -0.3 is 5.32 Å². The lowest BCUT2D eigenvalue weighted by Crippen LogP contribution is -2.47. The highest BCUT2D eigenvalue weighted by molar-refractivity contribution is 5.78. The molecule has 0 amide bonds. The van der Waals surface area contributed by atoms with E-state index < -0.39 is 18.3 Å². The van der Waals surface area contributed by atoms with Crippen molar-refractivity contribution in [2.75, 3.05) is 13.6 Å². The number of aliphatic imine (C=N–C) groups is 1. The fourth-order valence-electron chi connectivity index (χ4n) is 1.79. The minimum absolute atomic E-state index is 0.0844. The van der Waals surface area contributed by atoms with Crippen LogP contribution in [0.1, 0.15) is 19.3 Å². The summed E-state index contributed by atoms with van der Waals surface area (Å²) in [4.78, 5) is 3.69. The Morgan fingerprint density at radius 3 is 2.76 bits per heavy atom. The van der Waals surface area contributed by atoms with Gasteiger partial charge in [-0.1, -0.05) is 0 Å². The minimum Gasteiger partial charge on any atom is -0.351 e. The summed E-state index contributed by atoms with van der Waals surface area (Å²) in [6, 6.07) is -0.477. The van der Waals surface area contributed by atoms with Crippen LogP contribution in [-0.2, 0) is 0 Å². The summed E-state index contributed by atoms with van der Waals surface area (Å²) in [7, 11) is 1.49. The maximum absolute atomic E-state index is 13.4. The van der Waals surface area contributed by atoms with Gasteiger partial charge in [0.1, 0.15) is 0 Å². The van der Waals surface area contributed by atoms with Crippen molar-refractivity contribution in [1.29, 1.82) is 0 Å². The average molecular weight is 253 g/mol. The van der Waals surface area contributed by atoms with E-state index >= 15 is 0 Å². The molecule has 100 valence electrons. The zero-order chi connectivity index (χ0) is 12.9. The van der Waals surface area contributed by atoms with Gasteiger partial charge >= 0.3 is 0 Å². The molecule has 8 heteroatoms. The molecule has 0 radical (unpaired) electrons. The Morgan fingerprint density at radius 1 is 1.59 bits per heavy atom. The van der Waals surface area contributed by atoms with Gasteiger partial charge in [-0.3, -0.25) is 15.7 Å². The van der Waals surface area contributed by atoms with Crippen molar-refractivity contribution in [3.05, 3.63) is 0 Å². The molecule has 1 aliphatic carbocycles. The Morgan fingerprint density at radius 2 is 2.29 bits per heavy atom. The molecule has 2 unspecified atom stereocenters. The molecule has 0 aromatic carbocycles. The van der Waals surface area contributed by atoms with E-state index in [-0.39, 0.29) is 31.8 Å². The number of hydrogen-bond donors (Lipinski definition) is 4. The van der Waals surface area contributed by atoms with Crippen LogP contribution in [0.15, 0.2) is 4.99 Å². The van der Waals surface area contributed by atoms with E-state index in [2.05, 4.69) is 21.1 Å². The maximum atomic E-state index is 13.4. The molecule has 0 aromatic heterocycles. The fraction of sp³-hybridized carbons (Fsp3) is 0.889. The summed E-state index contributed by atoms with van der Waals surface area (Å²) in [5.41, 5.74) is 2.24. The molecule has 1 fully saturated rings. The number of nitrogens with zero attached hydrogens (tertiary/aromatic N) is 1. The van der Waals surface area contributed by atoms with Gasteiger partial charge in [-0.05, 0) is 6.42 Å². The topological polar surface area (TPSA) is 74.5 Å². The average Bonchev–Trinajstić information content (AvgIpc) is 2.59. The zero-order valence-corrected chi connectivity index (χ0v) is 9.64. The van der Waals surface area contributed by atoms with Crippen LogP contribution in [0.3, 0.4) is 0 Å². The minimum atomic E-state index is -2.67. The number of hydrazine groups is 1. The quantitative estimate of drug-likeness (QED) is 0.188. The number of nitrogens with two attached hydrogens (primary N) is 1. The summed E-state index contributed by atoms with van der Waals surface area (Å²) in [5, 5.41) is 5.11. The van der Waals surface area contributed by atoms with E-state index in [1.54, 1.807) is 0 Å². The van der Waals surface area contributed by atoms with E-state index in [0.717, 1.165) is 0 Å². The van der Waals surface area contributed by atoms with Gasteiger partial charge in [0.05, 0.1) is 6.54 Å². The van der Waals surface area contributed by atoms with E-state index in [0.29, 0.717) is 0 Å². The van der Waals surface area contributed by atoms with Crippen molar-refractivity contribution >= 4 is 5.96 Å². The zero-order valence-electron chi connectivity index (χ0n) is 9.64. The second kappa shape index (κ2) is 6.06. The summed E-state index contributed by atoms with van der Waals surface area (Å²) < 4.78 is 39.1. The van der Waals surface area contributed by atoms with Crippen molar-refractivity contribution in [3.8, 4) is 0 Å². The molecule has 17 heavy (non-hydrogen) atoms. The first-order chi connectivity index (χ1) is 7.96. The van der Waals surface area contributed by atoms with Crippen LogP contribution in [0.25, 0.3) is 0 Å². The first kappa shape index (κ1) is 14.0. The van der Waals surface area contributed by atoms with Crippen LogP contribution in [0.2, 0.25) is 0 Å². The molecule has 0 spiro atoms. The Labute approximate surface area is 98.0 Å². The van der Waals surface area contributed by atoms with Gasteiger partial charge in [0.25, 0.3) is 0 Å². The Kier molecular flexibility index (Phi) is 5.01. The Hall–Kier alpha value is -1.02. The molecular weight excluding hydrogens is 235 g/mol. The molecule has 2 atom stereocenters. The van der Waals surface area contributed by atoms with E-state index in [9.17, 15) is 13.2 Å². The third kappa shape index (κ3) is 4.78. The smallest absolute Gasteiger partial charge is 0.249 e. The lowest BCUT2D eigenvalue weighted by molar-refractivity contribution is 0.00590. The van der Waals surface area contributed by atoms with Crippen LogP contribution in [0, 0.1) is 0 Å². The number of alkyl halides is 3. The first-order valence-corrected chi connectivity index (χ1v) is 5.42. The lowest BCUT2D eigenvalue weighted by Gasteiger charge is -2.17. The van der Waals surface area contributed by atoms with Gasteiger partial charge in [-0.25, -0.2) is 19.0 Å². The molecular formula is C9H18F3N5. The highest BCUT2D eigenvalue weighted by Gasteiger charge is 2.39. The highest BCUT2D eigenvalue weighted by atomic mass is 19.3. The van der Waals surface area contributed by atoms with Crippen molar-refractivity contribution in [2.24, 2.45) is 10.8 Å². The van der Waals surface area contributed by atoms with Gasteiger partial charge in [0, 0.05) is 25.9 Å². The van der Waals surface area contributed by atoms with Gasteiger partial charge in [-0.15, -0.1) is 0 Å². The van der Waals surface area contributed by atoms with Crippen molar-refractivity contribution in [3.63, 3.8) is 0 Å². The molecule has 5 nitrogen and oxygen atoms in total. The molecule has 1 saturated carbocycles. The SMILES string of the molecule is CN=C(NN)NCC(F)NC1CCC(F)(F)C1. The molecule has 0 aromatic rings. The Balaban J connectivity index is 2.24. The summed E-state index contributed by atoms with van der Waals surface area (Å²) in [6.45, 7) is -0.0844. The molecule has 5 N–H and O–H groups in total. The lowest BCUT2D eigenvalue weighted by atomic mass is 10.2. The molecule has 0 bridgehead atoms. The van der Waals surface area contributed by atoms with Crippen LogP contribution in [-0.4, -0.2) is 37.8 Å². The van der Waals surface area contributed by atoms with E-state index in [4.69, 9.17) is 5.84 Å². The molecule has 0 heterocycles. The van der Waals surface area contributed by atoms with E-state index in [1.807, 2.05) is 0 Å². The summed E-state index contributed by atoms with van der Waals surface area (Å²) in [5.74, 6) is 2.66. The fourth-order valence-corrected chi connectivity index (χ4v) is 1.79. The third-order valence-electron chi connectivity index (χ3n) is 2.63. The molecule has 1 aliphatic rings. The molecule has 1 rings (SSSR count). The largest absolute Gasteiger partial charge is 0.351 e. The standard InChI is InChI=1S/C9H18F3N5/c1-14-8(17-13)15-5-7(10)16-6-2-3-9(11,12)4-6/h6-7,16H,2-5,13H2,1H3,(H2,14,15,17). The van der Waals surface area contributed by atoms with Crippen LogP contribution in [0.4, 0.5) is 13.2 Å². The number of guanidine groups is 1. The summed E-state index contributed by atoms with van der Waals surface area (Å²) >= 11 is 0. The van der Waals surface area contributed by atoms with Crippen molar-refractivity contribution < 1.29 is 13.2 Å². The molecule has 0 saturated heterocycles. The van der Waals surface area contributed by atoms with Crippen LogP contribution >= 0.6 is 0 Å².